The second-order valence-electron chi connectivity index (χ2n) is 7.22. The largest absolute Gasteiger partial charge is 0.466 e. The van der Waals surface area contributed by atoms with Crippen LogP contribution in [0.2, 0.25) is 0 Å². The molecule has 25 heavy (non-hydrogen) atoms. The van der Waals surface area contributed by atoms with E-state index in [4.69, 9.17) is 9.47 Å². The van der Waals surface area contributed by atoms with E-state index in [1.165, 1.54) is 0 Å². The van der Waals surface area contributed by atoms with E-state index in [1.54, 1.807) is 13.8 Å². The highest BCUT2D eigenvalue weighted by molar-refractivity contribution is 5.80. The van der Waals surface area contributed by atoms with Gasteiger partial charge in [0.2, 0.25) is 0 Å². The number of hydrogen-bond donors (Lipinski definition) is 0. The number of hydrogen-bond acceptors (Lipinski definition) is 5. The number of nitriles is 1. The van der Waals surface area contributed by atoms with Gasteiger partial charge >= 0.3 is 11.9 Å². The molecule has 0 aromatic rings. The second kappa shape index (κ2) is 11.9. The van der Waals surface area contributed by atoms with E-state index in [2.05, 4.69) is 19.9 Å². The molecular weight excluding hydrogens is 318 g/mol. The molecule has 0 aliphatic rings. The molecule has 0 heterocycles. The Morgan fingerprint density at radius 1 is 1.08 bits per heavy atom. The Hall–Kier alpha value is -1.57. The standard InChI is InChI=1S/C20H35NO4/c1-7-10-17(20(6,14-21)12-11-15(4)5)16(19(23)25-9-3)13-18(22)24-8-2/h15-17H,7-13H2,1-6H3. The first-order chi connectivity index (χ1) is 11.7. The Kier molecular flexibility index (Phi) is 11.1. The summed E-state index contributed by atoms with van der Waals surface area (Å²) >= 11 is 0. The lowest BCUT2D eigenvalue weighted by atomic mass is 9.65. The van der Waals surface area contributed by atoms with Gasteiger partial charge in [-0.3, -0.25) is 9.59 Å². The zero-order valence-corrected chi connectivity index (χ0v) is 16.8. The summed E-state index contributed by atoms with van der Waals surface area (Å²) in [6.45, 7) is 12.2. The van der Waals surface area contributed by atoms with Crippen LogP contribution >= 0.6 is 0 Å². The molecule has 0 aliphatic heterocycles. The van der Waals surface area contributed by atoms with Crippen molar-refractivity contribution in [3.63, 3.8) is 0 Å². The van der Waals surface area contributed by atoms with Crippen LogP contribution in [0.1, 0.15) is 73.6 Å². The van der Waals surface area contributed by atoms with E-state index in [9.17, 15) is 14.9 Å². The van der Waals surface area contributed by atoms with Crippen molar-refractivity contribution in [3.8, 4) is 6.07 Å². The molecular formula is C20H35NO4. The monoisotopic (exact) mass is 353 g/mol. The second-order valence-corrected chi connectivity index (χ2v) is 7.22. The van der Waals surface area contributed by atoms with Gasteiger partial charge in [0, 0.05) is 0 Å². The Balaban J connectivity index is 5.65. The van der Waals surface area contributed by atoms with Gasteiger partial charge in [-0.15, -0.1) is 0 Å². The Morgan fingerprint density at radius 3 is 2.12 bits per heavy atom. The van der Waals surface area contributed by atoms with Crippen molar-refractivity contribution in [1.82, 2.24) is 0 Å². The van der Waals surface area contributed by atoms with Crippen molar-refractivity contribution >= 4 is 11.9 Å². The summed E-state index contributed by atoms with van der Waals surface area (Å²) in [5.74, 6) is -1.22. The van der Waals surface area contributed by atoms with E-state index in [0.717, 1.165) is 12.8 Å². The van der Waals surface area contributed by atoms with E-state index in [0.29, 0.717) is 18.8 Å². The summed E-state index contributed by atoms with van der Waals surface area (Å²) in [6.07, 6.45) is 3.10. The number of esters is 2. The molecule has 5 heteroatoms. The molecule has 3 unspecified atom stereocenters. The number of carbonyl (C=O) groups is 2. The van der Waals surface area contributed by atoms with Gasteiger partial charge in [0.05, 0.1) is 37.0 Å². The highest BCUT2D eigenvalue weighted by atomic mass is 16.5. The minimum atomic E-state index is -0.676. The van der Waals surface area contributed by atoms with Crippen molar-refractivity contribution in [2.75, 3.05) is 13.2 Å². The zero-order valence-electron chi connectivity index (χ0n) is 16.8. The number of rotatable bonds is 12. The minimum absolute atomic E-state index is 0.0315. The van der Waals surface area contributed by atoms with Crippen molar-refractivity contribution in [2.45, 2.75) is 73.6 Å². The average Bonchev–Trinajstić information content (AvgIpc) is 2.56. The predicted molar refractivity (Wildman–Crippen MR) is 97.6 cm³/mol. The predicted octanol–water partition coefficient (Wildman–Crippen LogP) is 4.50. The van der Waals surface area contributed by atoms with Gasteiger partial charge in [-0.25, -0.2) is 0 Å². The third-order valence-electron chi connectivity index (χ3n) is 4.68. The molecule has 0 bridgehead atoms. The summed E-state index contributed by atoms with van der Waals surface area (Å²) in [5.41, 5.74) is -0.676. The van der Waals surface area contributed by atoms with Crippen molar-refractivity contribution in [3.05, 3.63) is 0 Å². The number of carbonyl (C=O) groups excluding carboxylic acids is 2. The van der Waals surface area contributed by atoms with E-state index < -0.39 is 23.3 Å². The maximum absolute atomic E-state index is 12.6. The summed E-state index contributed by atoms with van der Waals surface area (Å²) < 4.78 is 10.3. The van der Waals surface area contributed by atoms with Gasteiger partial charge in [-0.05, 0) is 51.9 Å². The molecule has 0 aliphatic carbocycles. The average molecular weight is 354 g/mol. The molecule has 0 N–H and O–H groups in total. The molecule has 0 radical (unpaired) electrons. The molecule has 0 spiro atoms. The molecule has 0 aromatic heterocycles. The van der Waals surface area contributed by atoms with Crippen LogP contribution in [0.3, 0.4) is 0 Å². The Labute approximate surface area is 153 Å². The first-order valence-corrected chi connectivity index (χ1v) is 9.49. The van der Waals surface area contributed by atoms with Crippen LogP contribution in [0.15, 0.2) is 0 Å². The number of ether oxygens (including phenoxy) is 2. The lowest BCUT2D eigenvalue weighted by molar-refractivity contribution is -0.158. The fourth-order valence-electron chi connectivity index (χ4n) is 3.23. The third-order valence-corrected chi connectivity index (χ3v) is 4.68. The minimum Gasteiger partial charge on any atom is -0.466 e. The molecule has 3 atom stereocenters. The van der Waals surface area contributed by atoms with Gasteiger partial charge in [0.1, 0.15) is 0 Å². The summed E-state index contributed by atoms with van der Waals surface area (Å²) in [7, 11) is 0. The maximum Gasteiger partial charge on any atom is 0.309 e. The Morgan fingerprint density at radius 2 is 1.68 bits per heavy atom. The van der Waals surface area contributed by atoms with Gasteiger partial charge in [0.25, 0.3) is 0 Å². The molecule has 0 saturated heterocycles. The number of nitrogens with zero attached hydrogens (tertiary/aromatic N) is 1. The summed E-state index contributed by atoms with van der Waals surface area (Å²) in [6, 6.07) is 2.44. The van der Waals surface area contributed by atoms with Crippen molar-refractivity contribution < 1.29 is 19.1 Å². The van der Waals surface area contributed by atoms with Gasteiger partial charge < -0.3 is 9.47 Å². The third kappa shape index (κ3) is 7.90. The van der Waals surface area contributed by atoms with Crippen molar-refractivity contribution in [1.29, 1.82) is 5.26 Å². The first kappa shape index (κ1) is 23.4. The van der Waals surface area contributed by atoms with Crippen LogP contribution in [0.25, 0.3) is 0 Å². The van der Waals surface area contributed by atoms with Crippen molar-refractivity contribution in [2.24, 2.45) is 23.2 Å². The van der Waals surface area contributed by atoms with Crippen LogP contribution in [-0.4, -0.2) is 25.2 Å². The summed E-state index contributed by atoms with van der Waals surface area (Å²) in [4.78, 5) is 24.6. The normalized spacial score (nSPS) is 15.8. The highest BCUT2D eigenvalue weighted by Crippen LogP contribution is 2.42. The smallest absolute Gasteiger partial charge is 0.309 e. The highest BCUT2D eigenvalue weighted by Gasteiger charge is 2.43. The van der Waals surface area contributed by atoms with Gasteiger partial charge in [-0.2, -0.15) is 5.26 Å². The topological polar surface area (TPSA) is 76.4 Å². The maximum atomic E-state index is 12.6. The van der Waals surface area contributed by atoms with E-state index >= 15 is 0 Å². The molecule has 5 nitrogen and oxygen atoms in total. The van der Waals surface area contributed by atoms with Crippen LogP contribution in [-0.2, 0) is 19.1 Å². The lowest BCUT2D eigenvalue weighted by Gasteiger charge is -2.36. The molecule has 0 aromatic carbocycles. The van der Waals surface area contributed by atoms with Crippen LogP contribution in [0.5, 0.6) is 0 Å². The molecule has 0 saturated carbocycles. The Bertz CT molecular complexity index is 455. The summed E-state index contributed by atoms with van der Waals surface area (Å²) in [5, 5.41) is 9.87. The molecule has 144 valence electrons. The molecule has 0 rings (SSSR count). The van der Waals surface area contributed by atoms with Crippen LogP contribution in [0, 0.1) is 34.5 Å². The molecule has 0 fully saturated rings. The quantitative estimate of drug-likeness (QED) is 0.483. The fraction of sp³-hybridized carbons (Fsp3) is 0.850. The SMILES string of the molecule is CCCC(C(CC(=O)OCC)C(=O)OCC)C(C)(C#N)CCC(C)C. The molecule has 0 amide bonds. The van der Waals surface area contributed by atoms with E-state index in [1.807, 2.05) is 13.8 Å². The first-order valence-electron chi connectivity index (χ1n) is 9.49. The fourth-order valence-corrected chi connectivity index (χ4v) is 3.23. The lowest BCUT2D eigenvalue weighted by Crippen LogP contribution is -2.38. The van der Waals surface area contributed by atoms with E-state index in [-0.39, 0.29) is 25.6 Å². The van der Waals surface area contributed by atoms with Crippen LogP contribution in [0.4, 0.5) is 0 Å². The zero-order chi connectivity index (χ0) is 19.5. The van der Waals surface area contributed by atoms with Gasteiger partial charge in [-0.1, -0.05) is 27.2 Å². The van der Waals surface area contributed by atoms with Crippen LogP contribution < -0.4 is 0 Å². The van der Waals surface area contributed by atoms with Gasteiger partial charge in [0.15, 0.2) is 0 Å².